The van der Waals surface area contributed by atoms with Crippen molar-refractivity contribution in [2.75, 3.05) is 31.1 Å². The van der Waals surface area contributed by atoms with E-state index in [4.69, 9.17) is 11.2 Å². The van der Waals surface area contributed by atoms with Gasteiger partial charge in [0.15, 0.2) is 0 Å². The van der Waals surface area contributed by atoms with Gasteiger partial charge in [0, 0.05) is 38.3 Å². The fourth-order valence-corrected chi connectivity index (χ4v) is 3.00. The van der Waals surface area contributed by atoms with Gasteiger partial charge >= 0.3 is 13.2 Å². The minimum absolute atomic E-state index is 0.305. The number of hydrogen-bond donors (Lipinski definition) is 2. The molecule has 1 aromatic carbocycles. The van der Waals surface area contributed by atoms with Crippen molar-refractivity contribution in [3.05, 3.63) is 23.3 Å². The first kappa shape index (κ1) is 20.2. The van der Waals surface area contributed by atoms with Gasteiger partial charge in [0.1, 0.15) is 5.60 Å². The summed E-state index contributed by atoms with van der Waals surface area (Å²) in [6.07, 6.45) is 5.56. The summed E-state index contributed by atoms with van der Waals surface area (Å²) in [5.74, 6) is 2.61. The van der Waals surface area contributed by atoms with Crippen LogP contribution in [0.5, 0.6) is 0 Å². The van der Waals surface area contributed by atoms with Crippen LogP contribution in [0, 0.1) is 19.3 Å². The summed E-state index contributed by atoms with van der Waals surface area (Å²) < 4.78 is 5.42. The third-order valence-corrected chi connectivity index (χ3v) is 4.41. The van der Waals surface area contributed by atoms with E-state index in [1.54, 1.807) is 11.0 Å². The molecule has 1 amide bonds. The second kappa shape index (κ2) is 8.02. The first-order chi connectivity index (χ1) is 12.1. The van der Waals surface area contributed by atoms with E-state index in [1.807, 2.05) is 33.8 Å². The van der Waals surface area contributed by atoms with Crippen molar-refractivity contribution in [2.24, 2.45) is 0 Å². The SMILES string of the molecule is C#CCc1cc(N2CCN(C(=O)OC(C)(C)C)CC2)cc(B(O)O)c1C. The molecule has 0 saturated carbocycles. The highest BCUT2D eigenvalue weighted by molar-refractivity contribution is 6.59. The van der Waals surface area contributed by atoms with Crippen LogP contribution < -0.4 is 10.4 Å². The molecule has 1 fully saturated rings. The number of carbonyl (C=O) groups excluding carboxylic acids is 1. The number of amides is 1. The van der Waals surface area contributed by atoms with E-state index in [0.29, 0.717) is 38.1 Å². The maximum absolute atomic E-state index is 12.2. The Balaban J connectivity index is 2.14. The van der Waals surface area contributed by atoms with Crippen molar-refractivity contribution < 1.29 is 19.6 Å². The van der Waals surface area contributed by atoms with E-state index >= 15 is 0 Å². The summed E-state index contributed by atoms with van der Waals surface area (Å²) in [6.45, 7) is 9.75. The summed E-state index contributed by atoms with van der Waals surface area (Å²) in [4.78, 5) is 16.0. The number of benzene rings is 1. The molecule has 0 spiro atoms. The topological polar surface area (TPSA) is 73.2 Å². The molecule has 1 aliphatic rings. The van der Waals surface area contributed by atoms with Crippen molar-refractivity contribution in [1.82, 2.24) is 4.90 Å². The fraction of sp³-hybridized carbons (Fsp3) is 0.526. The lowest BCUT2D eigenvalue weighted by Gasteiger charge is -2.37. The number of piperazine rings is 1. The third kappa shape index (κ3) is 4.93. The van der Waals surface area contributed by atoms with Crippen LogP contribution in [0.4, 0.5) is 10.5 Å². The zero-order chi connectivity index (χ0) is 19.5. The van der Waals surface area contributed by atoms with Gasteiger partial charge < -0.3 is 24.6 Å². The largest absolute Gasteiger partial charge is 0.488 e. The number of carbonyl (C=O) groups is 1. The molecule has 1 heterocycles. The zero-order valence-electron chi connectivity index (χ0n) is 16.0. The lowest BCUT2D eigenvalue weighted by molar-refractivity contribution is 0.0240. The Morgan fingerprint density at radius 1 is 1.27 bits per heavy atom. The molecule has 140 valence electrons. The van der Waals surface area contributed by atoms with Gasteiger partial charge in [-0.05, 0) is 56.4 Å². The minimum Gasteiger partial charge on any atom is -0.444 e. The van der Waals surface area contributed by atoms with Crippen LogP contribution in [-0.4, -0.2) is 59.9 Å². The Kier molecular flexibility index (Phi) is 6.22. The fourth-order valence-electron chi connectivity index (χ4n) is 3.00. The Bertz CT molecular complexity index is 699. The quantitative estimate of drug-likeness (QED) is 0.621. The molecule has 0 unspecified atom stereocenters. The molecule has 6 nitrogen and oxygen atoms in total. The van der Waals surface area contributed by atoms with Crippen LogP contribution in [0.25, 0.3) is 0 Å². The Hall–Kier alpha value is -2.17. The molecule has 0 radical (unpaired) electrons. The van der Waals surface area contributed by atoms with Crippen molar-refractivity contribution in [3.8, 4) is 12.3 Å². The molecule has 1 aliphatic heterocycles. The molecule has 0 atom stereocenters. The van der Waals surface area contributed by atoms with Crippen molar-refractivity contribution in [2.45, 2.75) is 39.7 Å². The van der Waals surface area contributed by atoms with E-state index in [9.17, 15) is 14.8 Å². The van der Waals surface area contributed by atoms with Gasteiger partial charge in [-0.2, -0.15) is 0 Å². The lowest BCUT2D eigenvalue weighted by Crippen LogP contribution is -2.50. The summed E-state index contributed by atoms with van der Waals surface area (Å²) >= 11 is 0. The number of rotatable bonds is 3. The molecule has 0 aromatic heterocycles. The summed E-state index contributed by atoms with van der Waals surface area (Å²) in [5, 5.41) is 19.3. The molecule has 0 bridgehead atoms. The van der Waals surface area contributed by atoms with E-state index in [2.05, 4.69) is 10.8 Å². The summed E-state index contributed by atoms with van der Waals surface area (Å²) in [7, 11) is -1.55. The van der Waals surface area contributed by atoms with Crippen LogP contribution in [0.2, 0.25) is 0 Å². The number of ether oxygens (including phenoxy) is 1. The van der Waals surface area contributed by atoms with Crippen LogP contribution in [0.3, 0.4) is 0 Å². The van der Waals surface area contributed by atoms with E-state index in [1.165, 1.54) is 0 Å². The average molecular weight is 358 g/mol. The van der Waals surface area contributed by atoms with E-state index in [-0.39, 0.29) is 6.09 Å². The van der Waals surface area contributed by atoms with Gasteiger partial charge in [-0.1, -0.05) is 0 Å². The first-order valence-electron chi connectivity index (χ1n) is 8.78. The van der Waals surface area contributed by atoms with Gasteiger partial charge in [0.2, 0.25) is 0 Å². The van der Waals surface area contributed by atoms with Gasteiger partial charge in [0.25, 0.3) is 0 Å². The molecular weight excluding hydrogens is 331 g/mol. The van der Waals surface area contributed by atoms with Crippen LogP contribution in [-0.2, 0) is 11.2 Å². The maximum Gasteiger partial charge on any atom is 0.488 e. The molecule has 1 aromatic rings. The number of terminal acetylenes is 1. The van der Waals surface area contributed by atoms with Gasteiger partial charge in [-0.3, -0.25) is 0 Å². The van der Waals surface area contributed by atoms with Crippen molar-refractivity contribution in [3.63, 3.8) is 0 Å². The third-order valence-electron chi connectivity index (χ3n) is 4.41. The first-order valence-corrected chi connectivity index (χ1v) is 8.78. The highest BCUT2D eigenvalue weighted by Crippen LogP contribution is 2.21. The predicted octanol–water partition coefficient (Wildman–Crippen LogP) is 0.908. The lowest BCUT2D eigenvalue weighted by atomic mass is 9.75. The normalized spacial score (nSPS) is 14.8. The maximum atomic E-state index is 12.2. The second-order valence-electron chi connectivity index (χ2n) is 7.53. The molecule has 1 saturated heterocycles. The Morgan fingerprint density at radius 3 is 2.38 bits per heavy atom. The molecule has 2 rings (SSSR count). The number of nitrogens with zero attached hydrogens (tertiary/aromatic N) is 2. The number of anilines is 1. The minimum atomic E-state index is -1.55. The van der Waals surface area contributed by atoms with Crippen LogP contribution in [0.15, 0.2) is 12.1 Å². The van der Waals surface area contributed by atoms with Gasteiger partial charge in [-0.25, -0.2) is 4.79 Å². The van der Waals surface area contributed by atoms with Crippen LogP contribution >= 0.6 is 0 Å². The smallest absolute Gasteiger partial charge is 0.444 e. The monoisotopic (exact) mass is 358 g/mol. The Labute approximate surface area is 155 Å². The average Bonchev–Trinajstić information content (AvgIpc) is 2.55. The highest BCUT2D eigenvalue weighted by Gasteiger charge is 2.27. The molecule has 26 heavy (non-hydrogen) atoms. The molecule has 0 aliphatic carbocycles. The van der Waals surface area contributed by atoms with E-state index < -0.39 is 12.7 Å². The molecule has 2 N–H and O–H groups in total. The van der Waals surface area contributed by atoms with Gasteiger partial charge in [0.05, 0.1) is 0 Å². The highest BCUT2D eigenvalue weighted by atomic mass is 16.6. The molecule has 7 heteroatoms. The summed E-state index contributed by atoms with van der Waals surface area (Å²) in [5.41, 5.74) is 2.54. The number of hydrogen-bond acceptors (Lipinski definition) is 5. The predicted molar refractivity (Wildman–Crippen MR) is 104 cm³/mol. The van der Waals surface area contributed by atoms with E-state index in [0.717, 1.165) is 16.8 Å². The van der Waals surface area contributed by atoms with Crippen molar-refractivity contribution >= 4 is 24.4 Å². The van der Waals surface area contributed by atoms with Gasteiger partial charge in [-0.15, -0.1) is 12.3 Å². The summed E-state index contributed by atoms with van der Waals surface area (Å²) in [6, 6.07) is 3.77. The Morgan fingerprint density at radius 2 is 1.88 bits per heavy atom. The van der Waals surface area contributed by atoms with Crippen LogP contribution in [0.1, 0.15) is 31.9 Å². The standard InChI is InChI=1S/C19H27BN2O4/c1-6-7-15-12-16(13-17(14(15)2)20(24)25)21-8-10-22(11-9-21)18(23)26-19(3,4)5/h1,12-13,24-25H,7-11H2,2-5H3. The second-order valence-corrected chi connectivity index (χ2v) is 7.53. The molecular formula is C19H27BN2O4. The van der Waals surface area contributed by atoms with Crippen molar-refractivity contribution in [1.29, 1.82) is 0 Å². The zero-order valence-corrected chi connectivity index (χ0v) is 16.0.